The number of benzene rings is 2. The van der Waals surface area contributed by atoms with Crippen molar-refractivity contribution in [2.75, 3.05) is 7.11 Å². The Morgan fingerprint density at radius 3 is 2.24 bits per heavy atom. The fourth-order valence-corrected chi connectivity index (χ4v) is 2.59. The SMILES string of the molecule is COc1ccc(C(=O)Cc2c(C)cc(C)cc2C)c(F)c1. The second kappa shape index (κ2) is 6.08. The van der Waals surface area contributed by atoms with E-state index >= 15 is 0 Å². The van der Waals surface area contributed by atoms with E-state index in [2.05, 4.69) is 0 Å². The molecule has 0 heterocycles. The zero-order valence-electron chi connectivity index (χ0n) is 12.8. The molecule has 3 heteroatoms. The molecule has 2 nitrogen and oxygen atoms in total. The first-order chi connectivity index (χ1) is 9.92. The summed E-state index contributed by atoms with van der Waals surface area (Å²) in [7, 11) is 1.47. The number of carbonyl (C=O) groups excluding carboxylic acids is 1. The molecule has 2 aromatic carbocycles. The van der Waals surface area contributed by atoms with Crippen molar-refractivity contribution in [3.05, 3.63) is 64.0 Å². The van der Waals surface area contributed by atoms with Crippen LogP contribution in [0.2, 0.25) is 0 Å². The quantitative estimate of drug-likeness (QED) is 0.788. The fourth-order valence-electron chi connectivity index (χ4n) is 2.59. The second-order valence-electron chi connectivity index (χ2n) is 5.32. The Kier molecular flexibility index (Phi) is 4.41. The van der Waals surface area contributed by atoms with Gasteiger partial charge in [0.05, 0.1) is 12.7 Å². The van der Waals surface area contributed by atoms with Crippen molar-refractivity contribution < 1.29 is 13.9 Å². The predicted octanol–water partition coefficient (Wildman–Crippen LogP) is 4.18. The number of ether oxygens (including phenoxy) is 1. The number of halogens is 1. The Bertz CT molecular complexity index is 667. The zero-order chi connectivity index (χ0) is 15.6. The molecule has 0 amide bonds. The van der Waals surface area contributed by atoms with Crippen molar-refractivity contribution in [1.29, 1.82) is 0 Å². The van der Waals surface area contributed by atoms with Crippen LogP contribution in [0, 0.1) is 26.6 Å². The highest BCUT2D eigenvalue weighted by Crippen LogP contribution is 2.21. The van der Waals surface area contributed by atoms with Crippen LogP contribution >= 0.6 is 0 Å². The molecule has 0 radical (unpaired) electrons. The third-order valence-electron chi connectivity index (χ3n) is 3.65. The Hall–Kier alpha value is -2.16. The second-order valence-corrected chi connectivity index (χ2v) is 5.32. The number of hydrogen-bond acceptors (Lipinski definition) is 2. The maximum Gasteiger partial charge on any atom is 0.170 e. The van der Waals surface area contributed by atoms with Gasteiger partial charge < -0.3 is 4.74 Å². The third kappa shape index (κ3) is 3.30. The number of aryl methyl sites for hydroxylation is 3. The molecule has 0 saturated carbocycles. The normalized spacial score (nSPS) is 10.5. The highest BCUT2D eigenvalue weighted by atomic mass is 19.1. The van der Waals surface area contributed by atoms with Crippen molar-refractivity contribution in [2.24, 2.45) is 0 Å². The molecule has 0 aliphatic rings. The topological polar surface area (TPSA) is 26.3 Å². The van der Waals surface area contributed by atoms with Crippen molar-refractivity contribution in [3.63, 3.8) is 0 Å². The first-order valence-corrected chi connectivity index (χ1v) is 6.86. The summed E-state index contributed by atoms with van der Waals surface area (Å²) in [5.41, 5.74) is 4.37. The van der Waals surface area contributed by atoms with Crippen molar-refractivity contribution in [2.45, 2.75) is 27.2 Å². The van der Waals surface area contributed by atoms with Crippen molar-refractivity contribution in [3.8, 4) is 5.75 Å². The maximum absolute atomic E-state index is 14.0. The highest BCUT2D eigenvalue weighted by Gasteiger charge is 2.15. The lowest BCUT2D eigenvalue weighted by Gasteiger charge is -2.11. The Morgan fingerprint density at radius 1 is 1.10 bits per heavy atom. The standard InChI is InChI=1S/C18H19FO2/c1-11-7-12(2)16(13(3)8-11)10-18(20)15-6-5-14(21-4)9-17(15)19/h5-9H,10H2,1-4H3. The van der Waals surface area contributed by atoms with Gasteiger partial charge >= 0.3 is 0 Å². The summed E-state index contributed by atoms with van der Waals surface area (Å²) >= 11 is 0. The molecule has 0 fully saturated rings. The molecule has 0 spiro atoms. The molecule has 110 valence electrons. The summed E-state index contributed by atoms with van der Waals surface area (Å²) in [5.74, 6) is -0.348. The monoisotopic (exact) mass is 286 g/mol. The van der Waals surface area contributed by atoms with Gasteiger partial charge in [0.2, 0.25) is 0 Å². The number of carbonyl (C=O) groups is 1. The molecule has 0 aromatic heterocycles. The van der Waals surface area contributed by atoms with Crippen LogP contribution in [-0.4, -0.2) is 12.9 Å². The molecular formula is C18H19FO2. The summed E-state index contributed by atoms with van der Waals surface area (Å²) in [4.78, 5) is 12.3. The molecule has 2 rings (SSSR count). The van der Waals surface area contributed by atoms with E-state index in [1.807, 2.05) is 32.9 Å². The smallest absolute Gasteiger partial charge is 0.170 e. The predicted molar refractivity (Wildman–Crippen MR) is 81.6 cm³/mol. The molecule has 0 N–H and O–H groups in total. The first-order valence-electron chi connectivity index (χ1n) is 6.86. The van der Waals surface area contributed by atoms with E-state index in [1.165, 1.54) is 19.2 Å². The zero-order valence-corrected chi connectivity index (χ0v) is 12.8. The molecule has 0 bridgehead atoms. The van der Waals surface area contributed by atoms with Gasteiger partial charge in [-0.15, -0.1) is 0 Å². The van der Waals surface area contributed by atoms with Crippen LogP contribution in [-0.2, 0) is 6.42 Å². The van der Waals surface area contributed by atoms with Gasteiger partial charge in [-0.2, -0.15) is 0 Å². The van der Waals surface area contributed by atoms with E-state index in [4.69, 9.17) is 4.74 Å². The highest BCUT2D eigenvalue weighted by molar-refractivity contribution is 5.98. The molecule has 0 unspecified atom stereocenters. The van der Waals surface area contributed by atoms with E-state index in [0.29, 0.717) is 5.75 Å². The average Bonchev–Trinajstić information content (AvgIpc) is 2.42. The Balaban J connectivity index is 2.30. The van der Waals surface area contributed by atoms with E-state index in [0.717, 1.165) is 22.3 Å². The average molecular weight is 286 g/mol. The van der Waals surface area contributed by atoms with Crippen LogP contribution in [0.1, 0.15) is 32.6 Å². The Labute approximate surface area is 124 Å². The van der Waals surface area contributed by atoms with Gasteiger partial charge in [0, 0.05) is 12.5 Å². The Morgan fingerprint density at radius 2 is 1.71 bits per heavy atom. The first kappa shape index (κ1) is 15.2. The largest absolute Gasteiger partial charge is 0.497 e. The molecule has 2 aromatic rings. The third-order valence-corrected chi connectivity index (χ3v) is 3.65. The van der Waals surface area contributed by atoms with E-state index in [1.54, 1.807) is 6.07 Å². The van der Waals surface area contributed by atoms with Gasteiger partial charge in [-0.3, -0.25) is 4.79 Å². The minimum absolute atomic E-state index is 0.107. The molecule has 0 saturated heterocycles. The molecule has 0 aliphatic carbocycles. The number of rotatable bonds is 4. The van der Waals surface area contributed by atoms with Gasteiger partial charge in [0.25, 0.3) is 0 Å². The van der Waals surface area contributed by atoms with E-state index in [9.17, 15) is 9.18 Å². The number of methoxy groups -OCH3 is 1. The summed E-state index contributed by atoms with van der Waals surface area (Å²) in [5, 5.41) is 0. The minimum atomic E-state index is -0.540. The van der Waals surface area contributed by atoms with Gasteiger partial charge in [-0.05, 0) is 49.6 Å². The maximum atomic E-state index is 14.0. The number of ketones is 1. The lowest BCUT2D eigenvalue weighted by atomic mass is 9.93. The van der Waals surface area contributed by atoms with Crippen molar-refractivity contribution >= 4 is 5.78 Å². The van der Waals surface area contributed by atoms with Crippen LogP contribution in [0.4, 0.5) is 4.39 Å². The van der Waals surface area contributed by atoms with Gasteiger partial charge in [-0.1, -0.05) is 17.7 Å². The van der Waals surface area contributed by atoms with Crippen LogP contribution in [0.15, 0.2) is 30.3 Å². The van der Waals surface area contributed by atoms with Crippen LogP contribution in [0.5, 0.6) is 5.75 Å². The number of Topliss-reactive ketones (excluding diaryl/α,β-unsaturated/α-hetero) is 1. The molecule has 0 aliphatic heterocycles. The van der Waals surface area contributed by atoms with E-state index < -0.39 is 5.82 Å². The number of hydrogen-bond donors (Lipinski definition) is 0. The van der Waals surface area contributed by atoms with E-state index in [-0.39, 0.29) is 17.8 Å². The van der Waals surface area contributed by atoms with Crippen LogP contribution in [0.3, 0.4) is 0 Å². The van der Waals surface area contributed by atoms with Crippen molar-refractivity contribution in [1.82, 2.24) is 0 Å². The molecule has 0 atom stereocenters. The molecular weight excluding hydrogens is 267 g/mol. The minimum Gasteiger partial charge on any atom is -0.497 e. The summed E-state index contributed by atoms with van der Waals surface area (Å²) in [6.45, 7) is 5.98. The van der Waals surface area contributed by atoms with Gasteiger partial charge in [0.15, 0.2) is 5.78 Å². The van der Waals surface area contributed by atoms with Gasteiger partial charge in [-0.25, -0.2) is 4.39 Å². The summed E-state index contributed by atoms with van der Waals surface area (Å²) in [6.07, 6.45) is 0.210. The summed E-state index contributed by atoms with van der Waals surface area (Å²) in [6, 6.07) is 8.41. The lowest BCUT2D eigenvalue weighted by Crippen LogP contribution is -2.09. The fraction of sp³-hybridized carbons (Fsp3) is 0.278. The summed E-state index contributed by atoms with van der Waals surface area (Å²) < 4.78 is 18.9. The lowest BCUT2D eigenvalue weighted by molar-refractivity contribution is 0.0988. The van der Waals surface area contributed by atoms with Crippen LogP contribution in [0.25, 0.3) is 0 Å². The molecule has 21 heavy (non-hydrogen) atoms. The van der Waals surface area contributed by atoms with Gasteiger partial charge in [0.1, 0.15) is 11.6 Å². The van der Waals surface area contributed by atoms with Crippen LogP contribution < -0.4 is 4.74 Å².